The summed E-state index contributed by atoms with van der Waals surface area (Å²) >= 11 is 0. The van der Waals surface area contributed by atoms with Gasteiger partial charge >= 0.3 is 0 Å². The number of hydrogen-bond acceptors (Lipinski definition) is 5. The summed E-state index contributed by atoms with van der Waals surface area (Å²) in [7, 11) is 1.97. The Labute approximate surface area is 158 Å². The van der Waals surface area contributed by atoms with Crippen molar-refractivity contribution in [2.24, 2.45) is 0 Å². The minimum atomic E-state index is -0.301. The maximum atomic E-state index is 12.9. The first-order valence-corrected chi connectivity index (χ1v) is 8.69. The molecule has 1 aromatic carbocycles. The van der Waals surface area contributed by atoms with Crippen LogP contribution in [0.15, 0.2) is 28.8 Å². The highest BCUT2D eigenvalue weighted by molar-refractivity contribution is 5.85. The molecule has 6 nitrogen and oxygen atoms in total. The number of rotatable bonds is 6. The van der Waals surface area contributed by atoms with Crippen molar-refractivity contribution >= 4 is 18.3 Å². The van der Waals surface area contributed by atoms with E-state index < -0.39 is 0 Å². The van der Waals surface area contributed by atoms with Crippen LogP contribution in [0.2, 0.25) is 0 Å². The first kappa shape index (κ1) is 20.3. The van der Waals surface area contributed by atoms with Crippen LogP contribution in [-0.2, 0) is 11.2 Å². The van der Waals surface area contributed by atoms with Gasteiger partial charge in [-0.1, -0.05) is 5.16 Å². The van der Waals surface area contributed by atoms with E-state index in [1.165, 1.54) is 12.1 Å². The smallest absolute Gasteiger partial charge is 0.226 e. The second-order valence-corrected chi connectivity index (χ2v) is 6.32. The highest BCUT2D eigenvalue weighted by Crippen LogP contribution is 2.17. The average Bonchev–Trinajstić information content (AvgIpc) is 3.11. The van der Waals surface area contributed by atoms with Crippen molar-refractivity contribution in [1.29, 1.82) is 0 Å². The molecule has 0 radical (unpaired) electrons. The van der Waals surface area contributed by atoms with Gasteiger partial charge in [0.2, 0.25) is 17.6 Å². The molecular weight excluding hydrogens is 359 g/mol. The van der Waals surface area contributed by atoms with Crippen LogP contribution in [0, 0.1) is 5.82 Å². The molecule has 0 aliphatic carbocycles. The molecule has 1 amide bonds. The van der Waals surface area contributed by atoms with Crippen LogP contribution in [-0.4, -0.2) is 47.1 Å². The lowest BCUT2D eigenvalue weighted by molar-refractivity contribution is -0.132. The molecule has 142 valence electrons. The fourth-order valence-corrected chi connectivity index (χ4v) is 3.04. The van der Waals surface area contributed by atoms with Gasteiger partial charge in [-0.05, 0) is 50.6 Å². The molecule has 0 unspecified atom stereocenters. The predicted molar refractivity (Wildman–Crippen MR) is 98.5 cm³/mol. The van der Waals surface area contributed by atoms with Crippen molar-refractivity contribution < 1.29 is 13.7 Å². The second kappa shape index (κ2) is 9.64. The van der Waals surface area contributed by atoms with Crippen molar-refractivity contribution in [2.75, 3.05) is 20.1 Å². The standard InChI is InChI=1S/C18H23FN4O2.ClH/c1-20-15-9-11-23(12-10-15)17(24)4-2-3-16-21-18(22-25-16)13-5-7-14(19)8-6-13;/h5-8,15,20H,2-4,9-12H2,1H3;1H. The Hall–Kier alpha value is -1.99. The minimum absolute atomic E-state index is 0. The van der Waals surface area contributed by atoms with Gasteiger partial charge in [0, 0.05) is 37.5 Å². The second-order valence-electron chi connectivity index (χ2n) is 6.32. The Balaban J connectivity index is 0.00000243. The number of nitrogens with zero attached hydrogens (tertiary/aromatic N) is 3. The molecule has 1 saturated heterocycles. The van der Waals surface area contributed by atoms with Crippen molar-refractivity contribution in [3.63, 3.8) is 0 Å². The molecule has 1 aliphatic heterocycles. The van der Waals surface area contributed by atoms with E-state index in [1.807, 2.05) is 11.9 Å². The summed E-state index contributed by atoms with van der Waals surface area (Å²) in [6.07, 6.45) is 3.74. The molecule has 8 heteroatoms. The number of benzene rings is 1. The lowest BCUT2D eigenvalue weighted by atomic mass is 10.0. The van der Waals surface area contributed by atoms with E-state index in [9.17, 15) is 9.18 Å². The largest absolute Gasteiger partial charge is 0.343 e. The van der Waals surface area contributed by atoms with Crippen LogP contribution in [0.5, 0.6) is 0 Å². The number of piperidine rings is 1. The zero-order valence-corrected chi connectivity index (χ0v) is 15.6. The summed E-state index contributed by atoms with van der Waals surface area (Å²) in [6, 6.07) is 6.47. The van der Waals surface area contributed by atoms with Crippen LogP contribution in [0.25, 0.3) is 11.4 Å². The maximum Gasteiger partial charge on any atom is 0.226 e. The molecule has 0 saturated carbocycles. The third kappa shape index (κ3) is 5.25. The Morgan fingerprint density at radius 3 is 2.65 bits per heavy atom. The molecule has 0 spiro atoms. The monoisotopic (exact) mass is 382 g/mol. The van der Waals surface area contributed by atoms with Crippen molar-refractivity contribution in [1.82, 2.24) is 20.4 Å². The molecule has 3 rings (SSSR count). The number of aromatic nitrogens is 2. The molecule has 2 heterocycles. The number of carbonyl (C=O) groups is 1. The van der Waals surface area contributed by atoms with Crippen molar-refractivity contribution in [2.45, 2.75) is 38.1 Å². The van der Waals surface area contributed by atoms with Crippen LogP contribution in [0.1, 0.15) is 31.6 Å². The number of likely N-dealkylation sites (tertiary alicyclic amines) is 1. The number of halogens is 2. The van der Waals surface area contributed by atoms with Crippen LogP contribution in [0.4, 0.5) is 4.39 Å². The van der Waals surface area contributed by atoms with Gasteiger partial charge in [0.25, 0.3) is 0 Å². The van der Waals surface area contributed by atoms with E-state index in [4.69, 9.17) is 4.52 Å². The highest BCUT2D eigenvalue weighted by Gasteiger charge is 2.21. The van der Waals surface area contributed by atoms with Gasteiger partial charge in [-0.25, -0.2) is 4.39 Å². The zero-order valence-electron chi connectivity index (χ0n) is 14.8. The van der Waals surface area contributed by atoms with E-state index in [1.54, 1.807) is 12.1 Å². The predicted octanol–water partition coefficient (Wildman–Crippen LogP) is 2.83. The molecule has 1 aromatic heterocycles. The maximum absolute atomic E-state index is 12.9. The summed E-state index contributed by atoms with van der Waals surface area (Å²) in [5, 5.41) is 7.17. The molecule has 1 fully saturated rings. The quantitative estimate of drug-likeness (QED) is 0.831. The van der Waals surface area contributed by atoms with E-state index in [0.29, 0.717) is 42.6 Å². The normalized spacial score (nSPS) is 14.9. The highest BCUT2D eigenvalue weighted by atomic mass is 35.5. The first-order chi connectivity index (χ1) is 12.2. The third-order valence-electron chi connectivity index (χ3n) is 4.61. The lowest BCUT2D eigenvalue weighted by Gasteiger charge is -2.31. The Morgan fingerprint density at radius 1 is 1.31 bits per heavy atom. The number of nitrogens with one attached hydrogen (secondary N) is 1. The van der Waals surface area contributed by atoms with E-state index in [-0.39, 0.29) is 24.1 Å². The molecule has 26 heavy (non-hydrogen) atoms. The molecule has 1 N–H and O–H groups in total. The van der Waals surface area contributed by atoms with E-state index >= 15 is 0 Å². The SMILES string of the molecule is CNC1CCN(C(=O)CCCc2nc(-c3ccc(F)cc3)no2)CC1.Cl. The zero-order chi connectivity index (χ0) is 17.6. The third-order valence-corrected chi connectivity index (χ3v) is 4.61. The molecule has 1 aliphatic rings. The molecule has 2 aromatic rings. The minimum Gasteiger partial charge on any atom is -0.343 e. The van der Waals surface area contributed by atoms with Gasteiger partial charge in [-0.15, -0.1) is 12.4 Å². The molecule has 0 bridgehead atoms. The summed E-state index contributed by atoms with van der Waals surface area (Å²) in [5.74, 6) is 0.828. The first-order valence-electron chi connectivity index (χ1n) is 8.69. The van der Waals surface area contributed by atoms with Gasteiger partial charge in [0.1, 0.15) is 5.82 Å². The van der Waals surface area contributed by atoms with Crippen LogP contribution in [0.3, 0.4) is 0 Å². The van der Waals surface area contributed by atoms with Gasteiger partial charge in [-0.2, -0.15) is 4.98 Å². The number of hydrogen-bond donors (Lipinski definition) is 1. The Bertz CT molecular complexity index is 699. The van der Waals surface area contributed by atoms with Crippen molar-refractivity contribution in [3.8, 4) is 11.4 Å². The number of amides is 1. The van der Waals surface area contributed by atoms with E-state index in [2.05, 4.69) is 15.5 Å². The van der Waals surface area contributed by atoms with Crippen LogP contribution < -0.4 is 5.32 Å². The summed E-state index contributed by atoms with van der Waals surface area (Å²) < 4.78 is 18.2. The number of carbonyl (C=O) groups excluding carboxylic acids is 1. The van der Waals surface area contributed by atoms with Gasteiger partial charge < -0.3 is 14.7 Å². The van der Waals surface area contributed by atoms with Crippen LogP contribution >= 0.6 is 12.4 Å². The average molecular weight is 383 g/mol. The summed E-state index contributed by atoms with van der Waals surface area (Å²) in [4.78, 5) is 18.5. The lowest BCUT2D eigenvalue weighted by Crippen LogP contribution is -2.43. The topological polar surface area (TPSA) is 71.3 Å². The molecule has 0 atom stereocenters. The van der Waals surface area contributed by atoms with Crippen molar-refractivity contribution in [3.05, 3.63) is 36.0 Å². The summed E-state index contributed by atoms with van der Waals surface area (Å²) in [5.41, 5.74) is 0.708. The Kier molecular flexibility index (Phi) is 7.53. The number of aryl methyl sites for hydroxylation is 1. The Morgan fingerprint density at radius 2 is 2.00 bits per heavy atom. The van der Waals surface area contributed by atoms with Gasteiger partial charge in [0.15, 0.2) is 0 Å². The van der Waals surface area contributed by atoms with Gasteiger partial charge in [-0.3, -0.25) is 4.79 Å². The summed E-state index contributed by atoms with van der Waals surface area (Å²) in [6.45, 7) is 1.64. The fraction of sp³-hybridized carbons (Fsp3) is 0.500. The van der Waals surface area contributed by atoms with E-state index in [0.717, 1.165) is 25.9 Å². The van der Waals surface area contributed by atoms with Gasteiger partial charge in [0.05, 0.1) is 0 Å². The molecular formula is C18H24ClFN4O2. The fourth-order valence-electron chi connectivity index (χ4n) is 3.04.